The Labute approximate surface area is 112 Å². The molecule has 20 heavy (non-hydrogen) atoms. The molecule has 0 saturated carbocycles. The van der Waals surface area contributed by atoms with Crippen molar-refractivity contribution in [2.75, 3.05) is 0 Å². The summed E-state index contributed by atoms with van der Waals surface area (Å²) in [7, 11) is 0. The number of para-hydroxylation sites is 2. The summed E-state index contributed by atoms with van der Waals surface area (Å²) in [6.45, 7) is 0.571. The molecule has 98 valence electrons. The molecule has 3 heterocycles. The Bertz CT molecular complexity index is 841. The number of rotatable bonds is 3. The van der Waals surface area contributed by atoms with Crippen molar-refractivity contribution in [1.29, 1.82) is 0 Å². The standard InChI is InChI=1S/C12H10N8/c1-2-4-9-8(3-1)14-7-20(9)5-10-16-12(19-17-10)11-13-6-15-18-11/h1-4,6-7H,5H2,(H,13,15,18)(H,16,17,19). The average Bonchev–Trinajstić information content (AvgIpc) is 3.19. The van der Waals surface area contributed by atoms with Gasteiger partial charge in [0.1, 0.15) is 12.2 Å². The number of nitrogens with zero attached hydrogens (tertiary/aromatic N) is 6. The molecular formula is C12H10N8. The maximum atomic E-state index is 4.39. The Morgan fingerprint density at radius 1 is 1.10 bits per heavy atom. The number of benzene rings is 1. The zero-order valence-electron chi connectivity index (χ0n) is 10.4. The third kappa shape index (κ3) is 1.74. The summed E-state index contributed by atoms with van der Waals surface area (Å²) in [5.41, 5.74) is 2.02. The lowest BCUT2D eigenvalue weighted by Crippen LogP contribution is -1.99. The quantitative estimate of drug-likeness (QED) is 0.575. The van der Waals surface area contributed by atoms with Gasteiger partial charge in [0.25, 0.3) is 0 Å². The van der Waals surface area contributed by atoms with Crippen molar-refractivity contribution in [2.24, 2.45) is 0 Å². The van der Waals surface area contributed by atoms with E-state index in [9.17, 15) is 0 Å². The van der Waals surface area contributed by atoms with Crippen LogP contribution in [0.5, 0.6) is 0 Å². The van der Waals surface area contributed by atoms with Gasteiger partial charge in [-0.15, -0.1) is 5.10 Å². The van der Waals surface area contributed by atoms with Crippen LogP contribution < -0.4 is 0 Å². The van der Waals surface area contributed by atoms with E-state index in [1.54, 1.807) is 6.33 Å². The Morgan fingerprint density at radius 2 is 2.05 bits per heavy atom. The average molecular weight is 266 g/mol. The largest absolute Gasteiger partial charge is 0.323 e. The second-order valence-electron chi connectivity index (χ2n) is 4.30. The molecule has 0 amide bonds. The molecule has 0 radical (unpaired) electrons. The SMILES string of the molecule is c1ccc2c(c1)ncn2Cc1nc(-c2ncn[nH]2)n[nH]1. The van der Waals surface area contributed by atoms with Crippen LogP contribution in [0.2, 0.25) is 0 Å². The first-order valence-electron chi connectivity index (χ1n) is 6.07. The minimum atomic E-state index is 0.502. The Hall–Kier alpha value is -3.03. The first-order chi connectivity index (χ1) is 9.90. The molecule has 0 spiro atoms. The van der Waals surface area contributed by atoms with Crippen LogP contribution in [0.1, 0.15) is 5.82 Å². The highest BCUT2D eigenvalue weighted by Gasteiger charge is 2.09. The highest BCUT2D eigenvalue weighted by molar-refractivity contribution is 5.74. The van der Waals surface area contributed by atoms with Crippen molar-refractivity contribution in [2.45, 2.75) is 6.54 Å². The van der Waals surface area contributed by atoms with Crippen molar-refractivity contribution < 1.29 is 0 Å². The zero-order chi connectivity index (χ0) is 13.4. The van der Waals surface area contributed by atoms with Crippen LogP contribution in [0.4, 0.5) is 0 Å². The Morgan fingerprint density at radius 3 is 2.95 bits per heavy atom. The molecule has 0 aliphatic carbocycles. The highest BCUT2D eigenvalue weighted by Crippen LogP contribution is 2.13. The molecule has 3 aromatic heterocycles. The van der Waals surface area contributed by atoms with Crippen molar-refractivity contribution in [3.8, 4) is 11.6 Å². The van der Waals surface area contributed by atoms with Crippen LogP contribution in [0.15, 0.2) is 36.9 Å². The summed E-state index contributed by atoms with van der Waals surface area (Å²) in [5, 5.41) is 13.5. The van der Waals surface area contributed by atoms with Crippen molar-refractivity contribution in [3.63, 3.8) is 0 Å². The summed E-state index contributed by atoms with van der Waals surface area (Å²) in [5.74, 6) is 1.78. The Balaban J connectivity index is 1.66. The molecule has 4 rings (SSSR count). The summed E-state index contributed by atoms with van der Waals surface area (Å²) in [4.78, 5) is 12.7. The van der Waals surface area contributed by atoms with Gasteiger partial charge in [-0.2, -0.15) is 5.10 Å². The molecule has 0 bridgehead atoms. The number of aromatic amines is 2. The lowest BCUT2D eigenvalue weighted by atomic mass is 10.3. The molecule has 8 heteroatoms. The summed E-state index contributed by atoms with van der Waals surface area (Å²) in [6, 6.07) is 7.96. The predicted octanol–water partition coefficient (Wildman–Crippen LogP) is 0.988. The molecule has 0 unspecified atom stereocenters. The molecule has 0 fully saturated rings. The number of H-pyrrole nitrogens is 2. The normalized spacial score (nSPS) is 11.2. The van der Waals surface area contributed by atoms with Gasteiger partial charge >= 0.3 is 0 Å². The van der Waals surface area contributed by atoms with Gasteiger partial charge in [-0.3, -0.25) is 10.2 Å². The van der Waals surface area contributed by atoms with Crippen molar-refractivity contribution in [1.82, 2.24) is 39.9 Å². The molecule has 0 aliphatic heterocycles. The van der Waals surface area contributed by atoms with Crippen LogP contribution in [0.3, 0.4) is 0 Å². The van der Waals surface area contributed by atoms with Gasteiger partial charge in [0.15, 0.2) is 5.82 Å². The van der Waals surface area contributed by atoms with Crippen LogP contribution in [0, 0.1) is 0 Å². The predicted molar refractivity (Wildman–Crippen MR) is 70.6 cm³/mol. The van der Waals surface area contributed by atoms with E-state index in [0.29, 0.717) is 18.2 Å². The zero-order valence-corrected chi connectivity index (χ0v) is 10.4. The monoisotopic (exact) mass is 266 g/mol. The van der Waals surface area contributed by atoms with E-state index >= 15 is 0 Å². The first kappa shape index (κ1) is 10.9. The molecule has 0 saturated heterocycles. The fraction of sp³-hybridized carbons (Fsp3) is 0.0833. The van der Waals surface area contributed by atoms with Crippen molar-refractivity contribution >= 4 is 11.0 Å². The maximum absolute atomic E-state index is 4.39. The molecule has 1 aromatic carbocycles. The van der Waals surface area contributed by atoms with E-state index in [0.717, 1.165) is 16.9 Å². The lowest BCUT2D eigenvalue weighted by Gasteiger charge is -1.99. The number of nitrogens with one attached hydrogen (secondary N) is 2. The van der Waals surface area contributed by atoms with E-state index in [2.05, 4.69) is 35.3 Å². The minimum Gasteiger partial charge on any atom is -0.323 e. The molecule has 0 aliphatic rings. The summed E-state index contributed by atoms with van der Waals surface area (Å²) < 4.78 is 2.01. The molecule has 2 N–H and O–H groups in total. The second-order valence-corrected chi connectivity index (χ2v) is 4.30. The first-order valence-corrected chi connectivity index (χ1v) is 6.07. The Kier molecular flexibility index (Phi) is 2.31. The fourth-order valence-electron chi connectivity index (χ4n) is 2.08. The molecule has 0 atom stereocenters. The van der Waals surface area contributed by atoms with Gasteiger partial charge in [-0.05, 0) is 12.1 Å². The number of imidazole rings is 1. The van der Waals surface area contributed by atoms with Crippen molar-refractivity contribution in [3.05, 3.63) is 42.7 Å². The van der Waals surface area contributed by atoms with E-state index in [1.807, 2.05) is 28.8 Å². The van der Waals surface area contributed by atoms with E-state index in [-0.39, 0.29) is 0 Å². The fourth-order valence-corrected chi connectivity index (χ4v) is 2.08. The number of hydrogen-bond donors (Lipinski definition) is 2. The van der Waals surface area contributed by atoms with Gasteiger partial charge in [-0.25, -0.2) is 15.0 Å². The van der Waals surface area contributed by atoms with Gasteiger partial charge in [0, 0.05) is 0 Å². The van der Waals surface area contributed by atoms with Crippen LogP contribution >= 0.6 is 0 Å². The smallest absolute Gasteiger partial charge is 0.218 e. The van der Waals surface area contributed by atoms with E-state index in [1.165, 1.54) is 6.33 Å². The molecule has 8 nitrogen and oxygen atoms in total. The van der Waals surface area contributed by atoms with Gasteiger partial charge < -0.3 is 4.57 Å². The number of fused-ring (bicyclic) bond motifs is 1. The second kappa shape index (κ2) is 4.26. The molecular weight excluding hydrogens is 256 g/mol. The number of aromatic nitrogens is 8. The lowest BCUT2D eigenvalue weighted by molar-refractivity contribution is 0.768. The number of hydrogen-bond acceptors (Lipinski definition) is 5. The van der Waals surface area contributed by atoms with Crippen LogP contribution in [-0.2, 0) is 6.54 Å². The highest BCUT2D eigenvalue weighted by atomic mass is 15.3. The van der Waals surface area contributed by atoms with E-state index < -0.39 is 0 Å². The topological polar surface area (TPSA) is 101 Å². The van der Waals surface area contributed by atoms with Gasteiger partial charge in [-0.1, -0.05) is 12.1 Å². The van der Waals surface area contributed by atoms with Crippen LogP contribution in [0.25, 0.3) is 22.7 Å². The summed E-state index contributed by atoms with van der Waals surface area (Å²) >= 11 is 0. The maximum Gasteiger partial charge on any atom is 0.218 e. The minimum absolute atomic E-state index is 0.502. The molecule has 4 aromatic rings. The van der Waals surface area contributed by atoms with Gasteiger partial charge in [0.05, 0.1) is 23.9 Å². The summed E-state index contributed by atoms with van der Waals surface area (Å²) in [6.07, 6.45) is 3.22. The van der Waals surface area contributed by atoms with E-state index in [4.69, 9.17) is 0 Å². The third-order valence-electron chi connectivity index (χ3n) is 3.01. The van der Waals surface area contributed by atoms with Gasteiger partial charge in [0.2, 0.25) is 5.82 Å². The third-order valence-corrected chi connectivity index (χ3v) is 3.01. The van der Waals surface area contributed by atoms with Crippen LogP contribution in [-0.4, -0.2) is 39.9 Å².